The molecule has 3 aromatic rings. The van der Waals surface area contributed by atoms with Crippen LogP contribution in [0.25, 0.3) is 6.08 Å². The Kier molecular flexibility index (Phi) is 5.96. The second kappa shape index (κ2) is 8.38. The predicted octanol–water partition coefficient (Wildman–Crippen LogP) is 5.39. The number of hydrogen-bond donors (Lipinski definition) is 0. The summed E-state index contributed by atoms with van der Waals surface area (Å²) in [5.74, 6) is 1.60. The molecule has 0 bridgehead atoms. The van der Waals surface area contributed by atoms with Crippen molar-refractivity contribution in [2.24, 2.45) is 0 Å². The molecular formula is C19H16BrClN2O3. The average Bonchev–Trinajstić information content (AvgIpc) is 3.28. The number of carbonyl (C=O) groups excluding carboxylic acids is 1. The molecule has 0 unspecified atom stereocenters. The number of allylic oxidation sites excluding steroid dienone is 1. The Morgan fingerprint density at radius 2 is 2.19 bits per heavy atom. The Morgan fingerprint density at radius 1 is 1.35 bits per heavy atom. The van der Waals surface area contributed by atoms with E-state index in [4.69, 9.17) is 20.8 Å². The maximum Gasteiger partial charge on any atom is 0.206 e. The number of ether oxygens (including phenoxy) is 1. The van der Waals surface area contributed by atoms with E-state index >= 15 is 0 Å². The minimum Gasteiger partial charge on any atom is -0.484 e. The van der Waals surface area contributed by atoms with Crippen molar-refractivity contribution < 1.29 is 13.9 Å². The van der Waals surface area contributed by atoms with E-state index in [1.165, 1.54) is 6.08 Å². The molecule has 0 atom stereocenters. The highest BCUT2D eigenvalue weighted by molar-refractivity contribution is 9.10. The smallest absolute Gasteiger partial charge is 0.206 e. The van der Waals surface area contributed by atoms with E-state index in [1.54, 1.807) is 47.3 Å². The SMILES string of the molecule is CCn1ccc(C(=O)/C=C/c2ccc(COc3ccc(Br)cc3Cl)o2)n1. The van der Waals surface area contributed by atoms with E-state index in [-0.39, 0.29) is 12.4 Å². The second-order valence-corrected chi connectivity index (χ2v) is 6.74. The van der Waals surface area contributed by atoms with Crippen LogP contribution in [0.2, 0.25) is 5.02 Å². The van der Waals surface area contributed by atoms with Gasteiger partial charge in [0, 0.05) is 17.2 Å². The summed E-state index contributed by atoms with van der Waals surface area (Å²) in [4.78, 5) is 12.1. The molecule has 2 aromatic heterocycles. The van der Waals surface area contributed by atoms with Crippen molar-refractivity contribution in [2.75, 3.05) is 0 Å². The van der Waals surface area contributed by atoms with Crippen LogP contribution in [0.3, 0.4) is 0 Å². The van der Waals surface area contributed by atoms with Crippen LogP contribution >= 0.6 is 27.5 Å². The Labute approximate surface area is 164 Å². The van der Waals surface area contributed by atoms with Crippen molar-refractivity contribution >= 4 is 39.4 Å². The van der Waals surface area contributed by atoms with Crippen LogP contribution in [0.4, 0.5) is 0 Å². The van der Waals surface area contributed by atoms with Crippen molar-refractivity contribution in [3.05, 3.63) is 75.4 Å². The number of ketones is 1. The molecule has 0 aliphatic heterocycles. The quantitative estimate of drug-likeness (QED) is 0.369. The van der Waals surface area contributed by atoms with Crippen LogP contribution < -0.4 is 4.74 Å². The van der Waals surface area contributed by atoms with Gasteiger partial charge in [0.1, 0.15) is 29.6 Å². The lowest BCUT2D eigenvalue weighted by Crippen LogP contribution is -1.99. The first-order valence-electron chi connectivity index (χ1n) is 7.97. The summed E-state index contributed by atoms with van der Waals surface area (Å²) in [6.07, 6.45) is 4.83. The van der Waals surface area contributed by atoms with Crippen LogP contribution in [-0.2, 0) is 13.2 Å². The molecule has 5 nitrogen and oxygen atoms in total. The highest BCUT2D eigenvalue weighted by Gasteiger charge is 2.07. The summed E-state index contributed by atoms with van der Waals surface area (Å²) in [6.45, 7) is 2.93. The van der Waals surface area contributed by atoms with Crippen molar-refractivity contribution in [1.82, 2.24) is 9.78 Å². The third-order valence-electron chi connectivity index (χ3n) is 3.56. The molecule has 26 heavy (non-hydrogen) atoms. The summed E-state index contributed by atoms with van der Waals surface area (Å²) in [5, 5.41) is 4.69. The van der Waals surface area contributed by atoms with Gasteiger partial charge in [-0.2, -0.15) is 5.10 Å². The maximum atomic E-state index is 12.1. The number of halogens is 2. The molecule has 0 N–H and O–H groups in total. The highest BCUT2D eigenvalue weighted by atomic mass is 79.9. The zero-order chi connectivity index (χ0) is 18.5. The highest BCUT2D eigenvalue weighted by Crippen LogP contribution is 2.28. The summed E-state index contributed by atoms with van der Waals surface area (Å²) >= 11 is 9.46. The van der Waals surface area contributed by atoms with E-state index < -0.39 is 0 Å². The van der Waals surface area contributed by atoms with E-state index in [0.29, 0.717) is 28.0 Å². The van der Waals surface area contributed by atoms with Crippen molar-refractivity contribution in [3.8, 4) is 5.75 Å². The normalized spacial score (nSPS) is 11.2. The van der Waals surface area contributed by atoms with Gasteiger partial charge in [-0.15, -0.1) is 0 Å². The number of hydrogen-bond acceptors (Lipinski definition) is 4. The predicted molar refractivity (Wildman–Crippen MR) is 103 cm³/mol. The minimum atomic E-state index is -0.173. The molecule has 134 valence electrons. The first kappa shape index (κ1) is 18.5. The number of aryl methyl sites for hydroxylation is 1. The lowest BCUT2D eigenvalue weighted by atomic mass is 10.2. The second-order valence-electron chi connectivity index (χ2n) is 5.42. The van der Waals surface area contributed by atoms with Gasteiger partial charge in [-0.1, -0.05) is 27.5 Å². The van der Waals surface area contributed by atoms with Crippen LogP contribution in [0.5, 0.6) is 5.75 Å². The number of furan rings is 1. The topological polar surface area (TPSA) is 57.3 Å². The molecule has 0 saturated heterocycles. The standard InChI is InChI=1S/C19H16BrClN2O3/c1-2-23-10-9-17(22-23)18(24)7-6-14-4-5-15(26-14)12-25-19-8-3-13(20)11-16(19)21/h3-11H,2,12H2,1H3/b7-6+. The van der Waals surface area contributed by atoms with E-state index in [0.717, 1.165) is 11.0 Å². The number of carbonyl (C=O) groups is 1. The van der Waals surface area contributed by atoms with Crippen molar-refractivity contribution in [2.45, 2.75) is 20.1 Å². The number of aromatic nitrogens is 2. The van der Waals surface area contributed by atoms with Gasteiger partial charge in [-0.3, -0.25) is 9.48 Å². The van der Waals surface area contributed by atoms with E-state index in [1.807, 2.05) is 13.0 Å². The van der Waals surface area contributed by atoms with Gasteiger partial charge in [0.05, 0.1) is 5.02 Å². The van der Waals surface area contributed by atoms with Gasteiger partial charge in [0.15, 0.2) is 0 Å². The molecule has 3 rings (SSSR count). The van der Waals surface area contributed by atoms with Crippen LogP contribution in [-0.4, -0.2) is 15.6 Å². The fraction of sp³-hybridized carbons (Fsp3) is 0.158. The van der Waals surface area contributed by atoms with E-state index in [2.05, 4.69) is 21.0 Å². The fourth-order valence-corrected chi connectivity index (χ4v) is 2.94. The Morgan fingerprint density at radius 3 is 2.92 bits per heavy atom. The Balaban J connectivity index is 1.59. The van der Waals surface area contributed by atoms with Crippen LogP contribution in [0.1, 0.15) is 28.9 Å². The van der Waals surface area contributed by atoms with Gasteiger partial charge in [0.2, 0.25) is 5.78 Å². The molecule has 0 radical (unpaired) electrons. The van der Waals surface area contributed by atoms with Crippen molar-refractivity contribution in [1.29, 1.82) is 0 Å². The van der Waals surface area contributed by atoms with Gasteiger partial charge in [0.25, 0.3) is 0 Å². The molecule has 7 heteroatoms. The largest absolute Gasteiger partial charge is 0.484 e. The molecule has 0 aliphatic rings. The molecule has 0 saturated carbocycles. The molecule has 1 aromatic carbocycles. The van der Waals surface area contributed by atoms with Gasteiger partial charge < -0.3 is 9.15 Å². The molecule has 0 aliphatic carbocycles. The summed E-state index contributed by atoms with van der Waals surface area (Å²) < 4.78 is 13.9. The zero-order valence-corrected chi connectivity index (χ0v) is 16.3. The summed E-state index contributed by atoms with van der Waals surface area (Å²) in [6, 6.07) is 10.7. The first-order chi connectivity index (χ1) is 12.5. The Bertz CT molecular complexity index is 946. The van der Waals surface area contributed by atoms with Gasteiger partial charge in [-0.25, -0.2) is 0 Å². The lowest BCUT2D eigenvalue weighted by molar-refractivity contribution is 0.104. The third kappa shape index (κ3) is 4.65. The maximum absolute atomic E-state index is 12.1. The number of benzene rings is 1. The van der Waals surface area contributed by atoms with E-state index in [9.17, 15) is 4.79 Å². The minimum absolute atomic E-state index is 0.173. The Hall–Kier alpha value is -2.31. The number of nitrogens with zero attached hydrogens (tertiary/aromatic N) is 2. The molecule has 0 amide bonds. The monoisotopic (exact) mass is 434 g/mol. The third-order valence-corrected chi connectivity index (χ3v) is 4.35. The summed E-state index contributed by atoms with van der Waals surface area (Å²) in [5.41, 5.74) is 0.406. The van der Waals surface area contributed by atoms with Crippen LogP contribution in [0.15, 0.2) is 57.6 Å². The molecule has 0 fully saturated rings. The lowest BCUT2D eigenvalue weighted by Gasteiger charge is -2.06. The molecule has 2 heterocycles. The van der Waals surface area contributed by atoms with Crippen molar-refractivity contribution in [3.63, 3.8) is 0 Å². The summed E-state index contributed by atoms with van der Waals surface area (Å²) in [7, 11) is 0. The van der Waals surface area contributed by atoms with Crippen LogP contribution in [0, 0.1) is 0 Å². The first-order valence-corrected chi connectivity index (χ1v) is 9.14. The fourth-order valence-electron chi connectivity index (χ4n) is 2.22. The average molecular weight is 436 g/mol. The van der Waals surface area contributed by atoms with Gasteiger partial charge >= 0.3 is 0 Å². The molecular weight excluding hydrogens is 420 g/mol. The molecule has 0 spiro atoms. The zero-order valence-electron chi connectivity index (χ0n) is 14.0. The number of rotatable bonds is 7. The van der Waals surface area contributed by atoms with Gasteiger partial charge in [-0.05, 0) is 55.5 Å².